The lowest BCUT2D eigenvalue weighted by molar-refractivity contribution is -0.293. The molecular formula is C22H24Cl2N2O10. The molecule has 14 heteroatoms. The van der Waals surface area contributed by atoms with Gasteiger partial charge in [0.2, 0.25) is 0 Å². The first-order valence-corrected chi connectivity index (χ1v) is 11.2. The van der Waals surface area contributed by atoms with Gasteiger partial charge in [-0.25, -0.2) is 14.6 Å². The van der Waals surface area contributed by atoms with Crippen molar-refractivity contribution in [1.29, 1.82) is 0 Å². The number of carbonyl (C=O) groups excluding carboxylic acids is 2. The van der Waals surface area contributed by atoms with Crippen molar-refractivity contribution in [2.45, 2.75) is 44.2 Å². The molecule has 3 N–H and O–H groups in total. The first-order chi connectivity index (χ1) is 17.1. The van der Waals surface area contributed by atoms with Crippen LogP contribution in [-0.2, 0) is 25.6 Å². The number of methoxy groups -OCH3 is 2. The van der Waals surface area contributed by atoms with E-state index in [2.05, 4.69) is 14.7 Å². The second kappa shape index (κ2) is 12.1. The number of ether oxygens (including phenoxy) is 5. The molecule has 3 rings (SSSR count). The lowest BCUT2D eigenvalue weighted by Crippen LogP contribution is -2.60. The minimum absolute atomic E-state index is 0.0131. The van der Waals surface area contributed by atoms with Crippen molar-refractivity contribution in [2.24, 2.45) is 0 Å². The van der Waals surface area contributed by atoms with Gasteiger partial charge in [0.25, 0.3) is 0 Å². The average molecular weight is 547 g/mol. The summed E-state index contributed by atoms with van der Waals surface area (Å²) in [5.41, 5.74) is 0.634. The van der Waals surface area contributed by atoms with Crippen LogP contribution in [0, 0.1) is 6.92 Å². The van der Waals surface area contributed by atoms with Crippen LogP contribution in [0.25, 0.3) is 0 Å². The topological polar surface area (TPSA) is 167 Å². The van der Waals surface area contributed by atoms with Crippen molar-refractivity contribution in [1.82, 2.24) is 9.97 Å². The fourth-order valence-electron chi connectivity index (χ4n) is 3.38. The molecule has 5 atom stereocenters. The van der Waals surface area contributed by atoms with E-state index in [-0.39, 0.29) is 39.2 Å². The van der Waals surface area contributed by atoms with Crippen LogP contribution < -0.4 is 4.74 Å². The van der Waals surface area contributed by atoms with Crippen molar-refractivity contribution in [3.8, 4) is 5.75 Å². The zero-order valence-electron chi connectivity index (χ0n) is 19.4. The van der Waals surface area contributed by atoms with E-state index in [4.69, 9.17) is 42.1 Å². The number of aliphatic hydroxyl groups is 3. The quantitative estimate of drug-likeness (QED) is 0.403. The first kappa shape index (κ1) is 28.0. The number of aromatic nitrogens is 2. The maximum atomic E-state index is 12.9. The van der Waals surface area contributed by atoms with Crippen LogP contribution in [-0.4, -0.2) is 88.8 Å². The zero-order valence-corrected chi connectivity index (χ0v) is 20.9. The molecule has 2 aromatic rings. The number of aliphatic hydroxyl groups excluding tert-OH is 3. The minimum Gasteiger partial charge on any atom is -0.484 e. The maximum absolute atomic E-state index is 12.9. The number of hydrogen-bond acceptors (Lipinski definition) is 12. The molecule has 0 amide bonds. The van der Waals surface area contributed by atoms with E-state index in [0.29, 0.717) is 5.69 Å². The molecule has 1 aromatic heterocycles. The molecule has 196 valence electrons. The van der Waals surface area contributed by atoms with Gasteiger partial charge < -0.3 is 39.0 Å². The highest BCUT2D eigenvalue weighted by Gasteiger charge is 2.47. The predicted octanol–water partition coefficient (Wildman–Crippen LogP) is 1.07. The van der Waals surface area contributed by atoms with Gasteiger partial charge in [0.05, 0.1) is 47.4 Å². The Kier molecular flexibility index (Phi) is 9.41. The summed E-state index contributed by atoms with van der Waals surface area (Å²) in [6.45, 7) is 0.860. The first-order valence-electron chi connectivity index (χ1n) is 10.5. The normalized spacial score (nSPS) is 23.7. The van der Waals surface area contributed by atoms with Crippen molar-refractivity contribution in [3.63, 3.8) is 0 Å². The summed E-state index contributed by atoms with van der Waals surface area (Å²) < 4.78 is 26.0. The molecule has 0 unspecified atom stereocenters. The van der Waals surface area contributed by atoms with E-state index >= 15 is 0 Å². The van der Waals surface area contributed by atoms with Gasteiger partial charge in [-0.3, -0.25) is 4.98 Å². The molecule has 0 radical (unpaired) electrons. The number of rotatable bonds is 8. The van der Waals surface area contributed by atoms with Gasteiger partial charge in [-0.1, -0.05) is 23.2 Å². The largest absolute Gasteiger partial charge is 0.484 e. The van der Waals surface area contributed by atoms with Crippen LogP contribution in [0.1, 0.15) is 32.1 Å². The molecule has 36 heavy (non-hydrogen) atoms. The zero-order chi connectivity index (χ0) is 26.6. The monoisotopic (exact) mass is 546 g/mol. The highest BCUT2D eigenvalue weighted by atomic mass is 35.5. The molecule has 1 saturated heterocycles. The highest BCUT2D eigenvalue weighted by molar-refractivity contribution is 6.38. The van der Waals surface area contributed by atoms with Crippen molar-refractivity contribution in [3.05, 3.63) is 51.0 Å². The number of benzene rings is 1. The second-order valence-corrected chi connectivity index (χ2v) is 8.44. The minimum atomic E-state index is -1.59. The Morgan fingerprint density at radius 1 is 1.11 bits per heavy atom. The second-order valence-electron chi connectivity index (χ2n) is 7.66. The van der Waals surface area contributed by atoms with Crippen LogP contribution >= 0.6 is 23.2 Å². The molecule has 0 saturated carbocycles. The summed E-state index contributed by atoms with van der Waals surface area (Å²) in [6, 6.07) is 1.28. The van der Waals surface area contributed by atoms with Gasteiger partial charge in [0.1, 0.15) is 24.9 Å². The third kappa shape index (κ3) is 5.86. The van der Waals surface area contributed by atoms with E-state index < -0.39 is 49.3 Å². The Morgan fingerprint density at radius 2 is 1.83 bits per heavy atom. The number of carbonyl (C=O) groups is 2. The van der Waals surface area contributed by atoms with Gasteiger partial charge in [0, 0.05) is 7.11 Å². The van der Waals surface area contributed by atoms with E-state index in [1.165, 1.54) is 39.6 Å². The lowest BCUT2D eigenvalue weighted by Gasteiger charge is -2.40. The summed E-state index contributed by atoms with van der Waals surface area (Å²) in [7, 11) is 2.48. The van der Waals surface area contributed by atoms with E-state index in [9.17, 15) is 24.9 Å². The predicted molar refractivity (Wildman–Crippen MR) is 123 cm³/mol. The summed E-state index contributed by atoms with van der Waals surface area (Å²) in [4.78, 5) is 32.4. The van der Waals surface area contributed by atoms with E-state index in [1.54, 1.807) is 0 Å². The van der Waals surface area contributed by atoms with Crippen LogP contribution in [0.3, 0.4) is 0 Å². The lowest BCUT2D eigenvalue weighted by atomic mass is 9.99. The number of esters is 2. The molecule has 1 fully saturated rings. The van der Waals surface area contributed by atoms with Gasteiger partial charge >= 0.3 is 11.9 Å². The molecule has 1 aliphatic rings. The van der Waals surface area contributed by atoms with Crippen molar-refractivity contribution >= 4 is 35.1 Å². The fourth-order valence-corrected chi connectivity index (χ4v) is 3.95. The molecule has 1 aliphatic heterocycles. The molecular weight excluding hydrogens is 523 g/mol. The number of hydrogen-bond donors (Lipinski definition) is 3. The van der Waals surface area contributed by atoms with Crippen molar-refractivity contribution in [2.75, 3.05) is 20.8 Å². The molecule has 12 nitrogen and oxygen atoms in total. The summed E-state index contributed by atoms with van der Waals surface area (Å²) in [6.07, 6.45) is -4.33. The molecule has 1 aromatic carbocycles. The van der Waals surface area contributed by atoms with Gasteiger partial charge in [0.15, 0.2) is 23.8 Å². The molecule has 0 spiro atoms. The van der Waals surface area contributed by atoms with Crippen LogP contribution in [0.5, 0.6) is 5.75 Å². The standard InChI is InChI=1S/C22H24Cl2N2O10/c1-9-11(20(30)36-19-17(29)16(28)14(7-27)35-22(19)33-3)4-12(23)18(15(9)24)34-8-10-5-26-13(6-25-10)21(31)32-2/h4-6,14,16-17,19,22,27-29H,7-8H2,1-3H3/t14-,16-,17+,19-,22+/m1/s1. The molecule has 2 heterocycles. The van der Waals surface area contributed by atoms with E-state index in [1.807, 2.05) is 0 Å². The Hall–Kier alpha value is -2.58. The summed E-state index contributed by atoms with van der Waals surface area (Å²) in [5, 5.41) is 29.8. The van der Waals surface area contributed by atoms with Crippen molar-refractivity contribution < 1.29 is 48.6 Å². The Labute approximate surface area is 215 Å². The van der Waals surface area contributed by atoms with Gasteiger partial charge in [-0.15, -0.1) is 0 Å². The Bertz CT molecular complexity index is 1100. The summed E-state index contributed by atoms with van der Waals surface area (Å²) >= 11 is 12.7. The smallest absolute Gasteiger partial charge is 0.358 e. The third-order valence-corrected chi connectivity index (χ3v) is 6.14. The Balaban J connectivity index is 1.75. The third-order valence-electron chi connectivity index (χ3n) is 5.40. The van der Waals surface area contributed by atoms with Crippen LogP contribution in [0.4, 0.5) is 0 Å². The SMILES string of the molecule is COC(=O)c1cnc(COc2c(Cl)cc(C(=O)O[C@H]3[C@@H](OC)O[C@H](CO)[C@@H](O)[C@@H]3O)c(C)c2Cl)cn1. The van der Waals surface area contributed by atoms with E-state index in [0.717, 1.165) is 0 Å². The Morgan fingerprint density at radius 3 is 2.42 bits per heavy atom. The van der Waals surface area contributed by atoms with Crippen LogP contribution in [0.2, 0.25) is 10.0 Å². The average Bonchev–Trinajstić information content (AvgIpc) is 2.88. The highest BCUT2D eigenvalue weighted by Crippen LogP contribution is 2.38. The maximum Gasteiger partial charge on any atom is 0.358 e. The summed E-state index contributed by atoms with van der Waals surface area (Å²) in [5.74, 6) is -1.48. The van der Waals surface area contributed by atoms with Gasteiger partial charge in [-0.05, 0) is 18.6 Å². The van der Waals surface area contributed by atoms with Crippen LogP contribution in [0.15, 0.2) is 18.5 Å². The number of halogens is 2. The fraction of sp³-hybridized carbons (Fsp3) is 0.455. The van der Waals surface area contributed by atoms with Gasteiger partial charge in [-0.2, -0.15) is 0 Å². The molecule has 0 aliphatic carbocycles. The molecule has 0 bridgehead atoms. The number of nitrogens with zero attached hydrogens (tertiary/aromatic N) is 2.